The normalized spacial score (nSPS) is 13.9. The van der Waals surface area contributed by atoms with E-state index < -0.39 is 12.1 Å². The molecule has 0 fully saturated rings. The van der Waals surface area contributed by atoms with Crippen LogP contribution in [0.15, 0.2) is 0 Å². The van der Waals surface area contributed by atoms with E-state index in [9.17, 15) is 9.90 Å². The van der Waals surface area contributed by atoms with Crippen molar-refractivity contribution in [3.8, 4) is 0 Å². The average molecular weight is 289 g/mol. The molecule has 120 valence electrons. The van der Waals surface area contributed by atoms with Crippen molar-refractivity contribution < 1.29 is 14.6 Å². The van der Waals surface area contributed by atoms with Crippen LogP contribution in [0.1, 0.15) is 39.5 Å². The molecule has 0 saturated carbocycles. The first-order chi connectivity index (χ1) is 9.60. The Bertz CT molecular complexity index is 240. The quantitative estimate of drug-likeness (QED) is 0.378. The van der Waals surface area contributed by atoms with Gasteiger partial charge >= 0.3 is 6.03 Å². The molecule has 0 radical (unpaired) electrons. The van der Waals surface area contributed by atoms with Crippen LogP contribution in [0, 0.1) is 5.92 Å². The van der Waals surface area contributed by atoms with Crippen molar-refractivity contribution in [3.63, 3.8) is 0 Å². The summed E-state index contributed by atoms with van der Waals surface area (Å²) < 4.78 is 5.56. The molecule has 0 aliphatic rings. The number of hydrogen-bond acceptors (Lipinski definition) is 4. The lowest BCUT2D eigenvalue weighted by molar-refractivity contribution is 0.0195. The maximum atomic E-state index is 10.4. The molecule has 0 aromatic carbocycles. The topological polar surface area (TPSA) is 96.6 Å². The molecule has 0 rings (SSSR count). The molecule has 0 aromatic heterocycles. The van der Waals surface area contributed by atoms with Gasteiger partial charge in [0.05, 0.1) is 12.7 Å². The molecular formula is C14H31N3O3. The van der Waals surface area contributed by atoms with Crippen molar-refractivity contribution in [2.45, 2.75) is 45.6 Å². The van der Waals surface area contributed by atoms with Gasteiger partial charge in [0.15, 0.2) is 0 Å². The Labute approximate surface area is 122 Å². The molecule has 0 spiro atoms. The van der Waals surface area contributed by atoms with E-state index in [0.29, 0.717) is 32.2 Å². The van der Waals surface area contributed by atoms with Gasteiger partial charge in [-0.1, -0.05) is 33.1 Å². The highest BCUT2D eigenvalue weighted by Gasteiger charge is 2.08. The third-order valence-corrected chi connectivity index (χ3v) is 3.19. The molecule has 0 heterocycles. The average Bonchev–Trinajstić information content (AvgIpc) is 2.41. The molecule has 6 heteroatoms. The Morgan fingerprint density at radius 1 is 1.30 bits per heavy atom. The first kappa shape index (κ1) is 19.1. The van der Waals surface area contributed by atoms with Crippen molar-refractivity contribution in [1.82, 2.24) is 10.6 Å². The minimum Gasteiger partial charge on any atom is -0.389 e. The summed E-state index contributed by atoms with van der Waals surface area (Å²) in [6.45, 7) is 6.91. The summed E-state index contributed by atoms with van der Waals surface area (Å²) in [4.78, 5) is 10.4. The van der Waals surface area contributed by atoms with Gasteiger partial charge < -0.3 is 26.2 Å². The van der Waals surface area contributed by atoms with Crippen molar-refractivity contribution in [1.29, 1.82) is 0 Å². The highest BCUT2D eigenvalue weighted by Crippen LogP contribution is 2.12. The van der Waals surface area contributed by atoms with Crippen molar-refractivity contribution in [2.24, 2.45) is 11.7 Å². The molecule has 5 N–H and O–H groups in total. The van der Waals surface area contributed by atoms with Crippen molar-refractivity contribution >= 4 is 6.03 Å². The SMILES string of the molecule is CCCCC(CC)COCC(O)CNCCNC(N)=O. The van der Waals surface area contributed by atoms with Crippen molar-refractivity contribution in [3.05, 3.63) is 0 Å². The van der Waals surface area contributed by atoms with Crippen LogP contribution in [0.2, 0.25) is 0 Å². The van der Waals surface area contributed by atoms with E-state index in [0.717, 1.165) is 13.0 Å². The van der Waals surface area contributed by atoms with E-state index in [2.05, 4.69) is 24.5 Å². The van der Waals surface area contributed by atoms with Crippen LogP contribution in [0.3, 0.4) is 0 Å². The zero-order valence-electron chi connectivity index (χ0n) is 12.9. The predicted octanol–water partition coefficient (Wildman–Crippen LogP) is 0.838. The summed E-state index contributed by atoms with van der Waals surface area (Å²) in [5.74, 6) is 0.592. The van der Waals surface area contributed by atoms with Gasteiger partial charge in [-0.3, -0.25) is 0 Å². The van der Waals surface area contributed by atoms with Crippen LogP contribution in [0.5, 0.6) is 0 Å². The van der Waals surface area contributed by atoms with E-state index in [1.807, 2.05) is 0 Å². The molecular weight excluding hydrogens is 258 g/mol. The monoisotopic (exact) mass is 289 g/mol. The maximum absolute atomic E-state index is 10.4. The summed E-state index contributed by atoms with van der Waals surface area (Å²) in [6.07, 6.45) is 4.24. The standard InChI is InChI=1S/C14H31N3O3/c1-3-5-6-12(4-2)10-20-11-13(18)9-16-7-8-17-14(15)19/h12-13,16,18H,3-11H2,1-2H3,(H3,15,17,19). The third-order valence-electron chi connectivity index (χ3n) is 3.19. The van der Waals surface area contributed by atoms with E-state index in [4.69, 9.17) is 10.5 Å². The molecule has 0 aliphatic carbocycles. The van der Waals surface area contributed by atoms with Crippen LogP contribution in [0.4, 0.5) is 4.79 Å². The Balaban J connectivity index is 3.47. The van der Waals surface area contributed by atoms with Crippen molar-refractivity contribution in [2.75, 3.05) is 32.8 Å². The highest BCUT2D eigenvalue weighted by atomic mass is 16.5. The second-order valence-corrected chi connectivity index (χ2v) is 5.10. The highest BCUT2D eigenvalue weighted by molar-refractivity contribution is 5.71. The second kappa shape index (κ2) is 13.1. The van der Waals surface area contributed by atoms with Gasteiger partial charge in [0.2, 0.25) is 0 Å². The van der Waals surface area contributed by atoms with Crippen LogP contribution >= 0.6 is 0 Å². The number of aliphatic hydroxyl groups is 1. The zero-order chi connectivity index (χ0) is 15.2. The Hall–Kier alpha value is -0.850. The molecule has 2 amide bonds. The largest absolute Gasteiger partial charge is 0.389 e. The number of nitrogens with one attached hydrogen (secondary N) is 2. The number of urea groups is 1. The van der Waals surface area contributed by atoms with E-state index in [-0.39, 0.29) is 0 Å². The Kier molecular flexibility index (Phi) is 12.6. The number of amides is 2. The van der Waals surface area contributed by atoms with Crippen LogP contribution in [-0.2, 0) is 4.74 Å². The molecule has 2 atom stereocenters. The fraction of sp³-hybridized carbons (Fsp3) is 0.929. The van der Waals surface area contributed by atoms with Gasteiger partial charge in [-0.25, -0.2) is 4.79 Å². The minimum absolute atomic E-state index is 0.346. The fourth-order valence-electron chi connectivity index (χ4n) is 1.87. The Morgan fingerprint density at radius 3 is 2.65 bits per heavy atom. The lowest BCUT2D eigenvalue weighted by Crippen LogP contribution is -2.38. The number of rotatable bonds is 13. The second-order valence-electron chi connectivity index (χ2n) is 5.10. The molecule has 0 saturated heterocycles. The summed E-state index contributed by atoms with van der Waals surface area (Å²) in [5, 5.41) is 15.2. The van der Waals surface area contributed by atoms with Crippen LogP contribution in [0.25, 0.3) is 0 Å². The summed E-state index contributed by atoms with van der Waals surface area (Å²) >= 11 is 0. The predicted molar refractivity (Wildman–Crippen MR) is 80.6 cm³/mol. The number of nitrogens with two attached hydrogens (primary N) is 1. The summed E-state index contributed by atoms with van der Waals surface area (Å²) in [6, 6.07) is -0.534. The number of hydrogen-bond donors (Lipinski definition) is 4. The minimum atomic E-state index is -0.534. The molecule has 6 nitrogen and oxygen atoms in total. The number of unbranched alkanes of at least 4 members (excludes halogenated alkanes) is 1. The number of carbonyl (C=O) groups excluding carboxylic acids is 1. The third kappa shape index (κ3) is 12.2. The lowest BCUT2D eigenvalue weighted by atomic mass is 10.0. The van der Waals surface area contributed by atoms with E-state index in [1.54, 1.807) is 0 Å². The van der Waals surface area contributed by atoms with E-state index in [1.165, 1.54) is 19.3 Å². The molecule has 20 heavy (non-hydrogen) atoms. The van der Waals surface area contributed by atoms with Crippen LogP contribution < -0.4 is 16.4 Å². The smallest absolute Gasteiger partial charge is 0.312 e. The summed E-state index contributed by atoms with van der Waals surface area (Å²) in [5.41, 5.74) is 4.93. The van der Waals surface area contributed by atoms with E-state index >= 15 is 0 Å². The zero-order valence-corrected chi connectivity index (χ0v) is 12.9. The maximum Gasteiger partial charge on any atom is 0.312 e. The molecule has 2 unspecified atom stereocenters. The first-order valence-corrected chi connectivity index (χ1v) is 7.59. The number of aliphatic hydroxyl groups excluding tert-OH is 1. The van der Waals surface area contributed by atoms with Gasteiger partial charge in [0.25, 0.3) is 0 Å². The lowest BCUT2D eigenvalue weighted by Gasteiger charge is -2.17. The van der Waals surface area contributed by atoms with Gasteiger partial charge in [0.1, 0.15) is 0 Å². The number of ether oxygens (including phenoxy) is 1. The molecule has 0 aliphatic heterocycles. The van der Waals surface area contributed by atoms with Gasteiger partial charge in [0, 0.05) is 26.2 Å². The van der Waals surface area contributed by atoms with Gasteiger partial charge in [-0.15, -0.1) is 0 Å². The number of primary amides is 1. The summed E-state index contributed by atoms with van der Waals surface area (Å²) in [7, 11) is 0. The van der Waals surface area contributed by atoms with Crippen LogP contribution in [-0.4, -0.2) is 50.1 Å². The fourth-order valence-corrected chi connectivity index (χ4v) is 1.87. The van der Waals surface area contributed by atoms with Gasteiger partial charge in [-0.2, -0.15) is 0 Å². The molecule has 0 bridgehead atoms. The first-order valence-electron chi connectivity index (χ1n) is 7.59. The Morgan fingerprint density at radius 2 is 2.05 bits per heavy atom. The molecule has 0 aromatic rings. The number of carbonyl (C=O) groups is 1. The van der Waals surface area contributed by atoms with Gasteiger partial charge in [-0.05, 0) is 12.3 Å².